The fourth-order valence-corrected chi connectivity index (χ4v) is 4.41. The molecular weight excluding hydrogens is 168 g/mol. The standard InChI is InChI=1S/C14H26/c1-4-12-8-7-10-13(2)9-5-6-11-14(12,13)3/h12H,4-11H2,1-3H3/t12?,13-,14+/m1/s1. The van der Waals surface area contributed by atoms with Crippen molar-refractivity contribution in [2.24, 2.45) is 16.7 Å². The molecule has 0 heterocycles. The number of fused-ring (bicyclic) bond motifs is 1. The third-order valence-electron chi connectivity index (χ3n) is 5.73. The van der Waals surface area contributed by atoms with Crippen molar-refractivity contribution in [1.82, 2.24) is 0 Å². The van der Waals surface area contributed by atoms with Crippen LogP contribution in [0.3, 0.4) is 0 Å². The van der Waals surface area contributed by atoms with E-state index >= 15 is 0 Å². The van der Waals surface area contributed by atoms with Crippen molar-refractivity contribution < 1.29 is 0 Å². The predicted octanol–water partition coefficient (Wildman–Crippen LogP) is 4.78. The molecule has 0 amide bonds. The highest BCUT2D eigenvalue weighted by molar-refractivity contribution is 5.01. The van der Waals surface area contributed by atoms with Crippen LogP contribution in [0.4, 0.5) is 0 Å². The van der Waals surface area contributed by atoms with Crippen molar-refractivity contribution in [1.29, 1.82) is 0 Å². The van der Waals surface area contributed by atoms with Crippen LogP contribution in [0.25, 0.3) is 0 Å². The first-order valence-electron chi connectivity index (χ1n) is 6.62. The van der Waals surface area contributed by atoms with Gasteiger partial charge in [-0.1, -0.05) is 46.5 Å². The van der Waals surface area contributed by atoms with E-state index in [1.54, 1.807) is 0 Å². The van der Waals surface area contributed by atoms with Gasteiger partial charge in [0.15, 0.2) is 0 Å². The SMILES string of the molecule is CCC1CCC[C@@]2(C)CCCC[C@@]12C. The molecule has 2 aliphatic carbocycles. The van der Waals surface area contributed by atoms with Crippen LogP contribution in [0, 0.1) is 16.7 Å². The van der Waals surface area contributed by atoms with E-state index in [0.717, 1.165) is 5.92 Å². The van der Waals surface area contributed by atoms with Gasteiger partial charge in [-0.15, -0.1) is 0 Å². The Kier molecular flexibility index (Phi) is 2.66. The van der Waals surface area contributed by atoms with Crippen molar-refractivity contribution in [2.45, 2.75) is 72.1 Å². The van der Waals surface area contributed by atoms with Crippen LogP contribution >= 0.6 is 0 Å². The summed E-state index contributed by atoms with van der Waals surface area (Å²) in [6.07, 6.45) is 11.9. The third kappa shape index (κ3) is 1.33. The van der Waals surface area contributed by atoms with Crippen molar-refractivity contribution in [3.05, 3.63) is 0 Å². The van der Waals surface area contributed by atoms with Gasteiger partial charge in [0.2, 0.25) is 0 Å². The number of hydrogen-bond donors (Lipinski definition) is 0. The lowest BCUT2D eigenvalue weighted by atomic mass is 9.47. The summed E-state index contributed by atoms with van der Waals surface area (Å²) in [5.74, 6) is 1.02. The molecule has 0 nitrogen and oxygen atoms in total. The van der Waals surface area contributed by atoms with E-state index in [9.17, 15) is 0 Å². The second kappa shape index (κ2) is 3.54. The summed E-state index contributed by atoms with van der Waals surface area (Å²) in [5.41, 5.74) is 1.36. The van der Waals surface area contributed by atoms with Gasteiger partial charge in [0.05, 0.1) is 0 Å². The average molecular weight is 194 g/mol. The largest absolute Gasteiger partial charge is 0.0651 e. The number of rotatable bonds is 1. The normalized spacial score (nSPS) is 48.6. The van der Waals surface area contributed by atoms with Crippen LogP contribution in [-0.2, 0) is 0 Å². The predicted molar refractivity (Wildman–Crippen MR) is 62.3 cm³/mol. The van der Waals surface area contributed by atoms with Crippen LogP contribution in [-0.4, -0.2) is 0 Å². The Bertz CT molecular complexity index is 204. The van der Waals surface area contributed by atoms with Gasteiger partial charge < -0.3 is 0 Å². The van der Waals surface area contributed by atoms with E-state index in [1.165, 1.54) is 51.4 Å². The Morgan fingerprint density at radius 2 is 1.64 bits per heavy atom. The Morgan fingerprint density at radius 3 is 2.36 bits per heavy atom. The van der Waals surface area contributed by atoms with E-state index in [0.29, 0.717) is 10.8 Å². The van der Waals surface area contributed by atoms with Crippen LogP contribution in [0.1, 0.15) is 72.1 Å². The lowest BCUT2D eigenvalue weighted by Gasteiger charge is -2.58. The fourth-order valence-electron chi connectivity index (χ4n) is 4.41. The van der Waals surface area contributed by atoms with Gasteiger partial charge in [0, 0.05) is 0 Å². The number of hydrogen-bond acceptors (Lipinski definition) is 0. The highest BCUT2D eigenvalue weighted by atomic mass is 14.6. The van der Waals surface area contributed by atoms with Crippen molar-refractivity contribution in [3.8, 4) is 0 Å². The van der Waals surface area contributed by atoms with Crippen LogP contribution < -0.4 is 0 Å². The highest BCUT2D eigenvalue weighted by Gasteiger charge is 2.51. The molecule has 2 aliphatic rings. The van der Waals surface area contributed by atoms with Gasteiger partial charge in [-0.3, -0.25) is 0 Å². The van der Waals surface area contributed by atoms with Crippen molar-refractivity contribution in [3.63, 3.8) is 0 Å². The van der Waals surface area contributed by atoms with Gasteiger partial charge in [0.1, 0.15) is 0 Å². The molecule has 2 fully saturated rings. The van der Waals surface area contributed by atoms with E-state index < -0.39 is 0 Å². The van der Waals surface area contributed by atoms with Gasteiger partial charge in [-0.05, 0) is 42.4 Å². The molecule has 0 bridgehead atoms. The lowest BCUT2D eigenvalue weighted by molar-refractivity contribution is -0.0755. The maximum Gasteiger partial charge on any atom is -0.0244 e. The summed E-state index contributed by atoms with van der Waals surface area (Å²) in [5, 5.41) is 0. The van der Waals surface area contributed by atoms with Gasteiger partial charge in [-0.25, -0.2) is 0 Å². The topological polar surface area (TPSA) is 0 Å². The molecule has 2 rings (SSSR count). The van der Waals surface area contributed by atoms with Crippen molar-refractivity contribution >= 4 is 0 Å². The first-order chi connectivity index (χ1) is 6.62. The van der Waals surface area contributed by atoms with Crippen LogP contribution in [0.2, 0.25) is 0 Å². The highest BCUT2D eigenvalue weighted by Crippen LogP contribution is 2.61. The molecule has 14 heavy (non-hydrogen) atoms. The smallest absolute Gasteiger partial charge is 0.0244 e. The van der Waals surface area contributed by atoms with Crippen molar-refractivity contribution in [2.75, 3.05) is 0 Å². The van der Waals surface area contributed by atoms with Crippen LogP contribution in [0.15, 0.2) is 0 Å². The van der Waals surface area contributed by atoms with Crippen LogP contribution in [0.5, 0.6) is 0 Å². The summed E-state index contributed by atoms with van der Waals surface area (Å²) in [7, 11) is 0. The Hall–Kier alpha value is 0. The fraction of sp³-hybridized carbons (Fsp3) is 1.00. The summed E-state index contributed by atoms with van der Waals surface area (Å²) in [4.78, 5) is 0. The Morgan fingerprint density at radius 1 is 1.00 bits per heavy atom. The van der Waals surface area contributed by atoms with E-state index in [4.69, 9.17) is 0 Å². The molecule has 0 aromatic heterocycles. The molecule has 0 saturated heterocycles. The monoisotopic (exact) mass is 194 g/mol. The molecule has 82 valence electrons. The molecule has 0 N–H and O–H groups in total. The Labute approximate surface area is 89.5 Å². The first-order valence-corrected chi connectivity index (χ1v) is 6.62. The molecule has 0 radical (unpaired) electrons. The second-order valence-electron chi connectivity index (χ2n) is 6.18. The zero-order valence-corrected chi connectivity index (χ0v) is 10.2. The zero-order valence-electron chi connectivity index (χ0n) is 10.2. The summed E-state index contributed by atoms with van der Waals surface area (Å²) >= 11 is 0. The molecular formula is C14H26. The molecule has 0 heteroatoms. The van der Waals surface area contributed by atoms with E-state index in [-0.39, 0.29) is 0 Å². The maximum absolute atomic E-state index is 2.60. The minimum atomic E-state index is 0.679. The lowest BCUT2D eigenvalue weighted by Crippen LogP contribution is -2.48. The van der Waals surface area contributed by atoms with Gasteiger partial charge >= 0.3 is 0 Å². The molecule has 1 unspecified atom stereocenters. The Balaban J connectivity index is 2.26. The quantitative estimate of drug-likeness (QED) is 0.563. The maximum atomic E-state index is 2.60. The second-order valence-corrected chi connectivity index (χ2v) is 6.18. The summed E-state index contributed by atoms with van der Waals surface area (Å²) in [6, 6.07) is 0. The van der Waals surface area contributed by atoms with E-state index in [1.807, 2.05) is 0 Å². The average Bonchev–Trinajstić information content (AvgIpc) is 2.17. The molecule has 0 spiro atoms. The minimum absolute atomic E-state index is 0.679. The summed E-state index contributed by atoms with van der Waals surface area (Å²) in [6.45, 7) is 7.57. The van der Waals surface area contributed by atoms with Gasteiger partial charge in [-0.2, -0.15) is 0 Å². The minimum Gasteiger partial charge on any atom is -0.0651 e. The zero-order chi connectivity index (χ0) is 10.2. The molecule has 0 aliphatic heterocycles. The third-order valence-corrected chi connectivity index (χ3v) is 5.73. The van der Waals surface area contributed by atoms with Gasteiger partial charge in [0.25, 0.3) is 0 Å². The first kappa shape index (κ1) is 10.5. The molecule has 3 atom stereocenters. The molecule has 2 saturated carbocycles. The van der Waals surface area contributed by atoms with E-state index in [2.05, 4.69) is 20.8 Å². The molecule has 0 aromatic rings. The molecule has 0 aromatic carbocycles. The summed E-state index contributed by atoms with van der Waals surface area (Å²) < 4.78 is 0.